The second-order valence-electron chi connectivity index (χ2n) is 6.04. The monoisotopic (exact) mass is 313 g/mol. The molecule has 2 heterocycles. The fraction of sp³-hybridized carbons (Fsp3) is 0.714. The fourth-order valence-electron chi connectivity index (χ4n) is 2.08. The van der Waals surface area contributed by atoms with E-state index in [1.165, 1.54) is 4.88 Å². The van der Waals surface area contributed by atoms with Crippen molar-refractivity contribution < 1.29 is 4.79 Å². The van der Waals surface area contributed by atoms with Crippen LogP contribution in [0.1, 0.15) is 44.4 Å². The normalized spacial score (nSPS) is 17.1. The third kappa shape index (κ3) is 5.07. The standard InChI is InChI=1S/C14H23N3OS2/c1-14(2,3)19-9-12(18)17-13-16-8-11(20-13)10-4-6-15-7-5-10/h8,10,15H,4-7,9H2,1-3H3,(H,16,17,18). The van der Waals surface area contributed by atoms with Crippen LogP contribution >= 0.6 is 23.1 Å². The Labute approximate surface area is 129 Å². The molecule has 1 amide bonds. The molecule has 0 saturated carbocycles. The third-order valence-corrected chi connectivity index (χ3v) is 5.50. The molecule has 1 saturated heterocycles. The molecule has 20 heavy (non-hydrogen) atoms. The average molecular weight is 313 g/mol. The van der Waals surface area contributed by atoms with Crippen molar-refractivity contribution in [2.24, 2.45) is 0 Å². The second-order valence-corrected chi connectivity index (χ2v) is 8.91. The van der Waals surface area contributed by atoms with Gasteiger partial charge in [0.05, 0.1) is 5.75 Å². The summed E-state index contributed by atoms with van der Waals surface area (Å²) in [6.45, 7) is 8.50. The number of aromatic nitrogens is 1. The van der Waals surface area contributed by atoms with E-state index in [0.717, 1.165) is 31.1 Å². The van der Waals surface area contributed by atoms with Crippen LogP contribution in [0.3, 0.4) is 0 Å². The zero-order chi connectivity index (χ0) is 14.6. The van der Waals surface area contributed by atoms with Crippen LogP contribution in [0.25, 0.3) is 0 Å². The number of hydrogen-bond donors (Lipinski definition) is 2. The van der Waals surface area contributed by atoms with E-state index >= 15 is 0 Å². The van der Waals surface area contributed by atoms with Gasteiger partial charge in [-0.25, -0.2) is 4.98 Å². The fourth-order valence-corrected chi connectivity index (χ4v) is 3.71. The van der Waals surface area contributed by atoms with Crippen molar-refractivity contribution in [2.75, 3.05) is 24.2 Å². The number of rotatable bonds is 4. The lowest BCUT2D eigenvalue weighted by Crippen LogP contribution is -2.26. The van der Waals surface area contributed by atoms with E-state index < -0.39 is 0 Å². The van der Waals surface area contributed by atoms with Gasteiger partial charge < -0.3 is 10.6 Å². The van der Waals surface area contributed by atoms with Gasteiger partial charge in [-0.15, -0.1) is 23.1 Å². The van der Waals surface area contributed by atoms with Crippen LogP contribution in [0.2, 0.25) is 0 Å². The predicted octanol–water partition coefficient (Wildman–Crippen LogP) is 3.08. The molecule has 2 N–H and O–H groups in total. The summed E-state index contributed by atoms with van der Waals surface area (Å²) in [6.07, 6.45) is 4.25. The van der Waals surface area contributed by atoms with Crippen LogP contribution in [0.4, 0.5) is 5.13 Å². The largest absolute Gasteiger partial charge is 0.317 e. The molecule has 1 aromatic rings. The Hall–Kier alpha value is -0.590. The van der Waals surface area contributed by atoms with Gasteiger partial charge in [0.15, 0.2) is 5.13 Å². The summed E-state index contributed by atoms with van der Waals surface area (Å²) in [5.74, 6) is 1.12. The maximum Gasteiger partial charge on any atom is 0.236 e. The lowest BCUT2D eigenvalue weighted by Gasteiger charge is -2.20. The van der Waals surface area contributed by atoms with Crippen molar-refractivity contribution in [3.63, 3.8) is 0 Å². The minimum absolute atomic E-state index is 0.0381. The molecular formula is C14H23N3OS2. The van der Waals surface area contributed by atoms with E-state index in [1.807, 2.05) is 6.20 Å². The topological polar surface area (TPSA) is 54.0 Å². The first-order chi connectivity index (χ1) is 9.44. The van der Waals surface area contributed by atoms with Crippen LogP contribution in [0, 0.1) is 0 Å². The smallest absolute Gasteiger partial charge is 0.236 e. The number of carbonyl (C=O) groups excluding carboxylic acids is 1. The lowest BCUT2D eigenvalue weighted by atomic mass is 9.97. The van der Waals surface area contributed by atoms with E-state index in [9.17, 15) is 4.79 Å². The highest BCUT2D eigenvalue weighted by atomic mass is 32.2. The van der Waals surface area contributed by atoms with Gasteiger partial charge in [0.2, 0.25) is 5.91 Å². The molecule has 0 unspecified atom stereocenters. The Morgan fingerprint density at radius 2 is 2.20 bits per heavy atom. The molecule has 0 atom stereocenters. The van der Waals surface area contributed by atoms with Gasteiger partial charge in [-0.05, 0) is 31.8 Å². The van der Waals surface area contributed by atoms with Crippen molar-refractivity contribution in [1.29, 1.82) is 0 Å². The molecule has 1 aliphatic rings. The highest BCUT2D eigenvalue weighted by molar-refractivity contribution is 8.01. The Morgan fingerprint density at radius 3 is 2.85 bits per heavy atom. The van der Waals surface area contributed by atoms with Crippen molar-refractivity contribution >= 4 is 34.1 Å². The van der Waals surface area contributed by atoms with E-state index in [1.54, 1.807) is 23.1 Å². The average Bonchev–Trinajstić information content (AvgIpc) is 2.85. The number of nitrogens with zero attached hydrogens (tertiary/aromatic N) is 1. The molecule has 0 spiro atoms. The SMILES string of the molecule is CC(C)(C)SCC(=O)Nc1ncc(C2CCNCC2)s1. The summed E-state index contributed by atoms with van der Waals surface area (Å²) in [6, 6.07) is 0. The zero-order valence-electron chi connectivity index (χ0n) is 12.4. The van der Waals surface area contributed by atoms with Gasteiger partial charge in [-0.1, -0.05) is 20.8 Å². The molecule has 2 rings (SSSR count). The summed E-state index contributed by atoms with van der Waals surface area (Å²) in [7, 11) is 0. The molecule has 112 valence electrons. The van der Waals surface area contributed by atoms with E-state index in [-0.39, 0.29) is 10.7 Å². The van der Waals surface area contributed by atoms with Gasteiger partial charge in [-0.2, -0.15) is 0 Å². The predicted molar refractivity (Wildman–Crippen MR) is 87.8 cm³/mol. The Morgan fingerprint density at radius 1 is 1.50 bits per heavy atom. The summed E-state index contributed by atoms with van der Waals surface area (Å²) in [4.78, 5) is 17.5. The Bertz CT molecular complexity index is 448. The number of piperidine rings is 1. The van der Waals surface area contributed by atoms with Crippen molar-refractivity contribution in [1.82, 2.24) is 10.3 Å². The molecule has 4 nitrogen and oxygen atoms in total. The quantitative estimate of drug-likeness (QED) is 0.897. The Balaban J connectivity index is 1.84. The number of nitrogens with one attached hydrogen (secondary N) is 2. The third-order valence-electron chi connectivity index (χ3n) is 3.15. The van der Waals surface area contributed by atoms with Gasteiger partial charge >= 0.3 is 0 Å². The summed E-state index contributed by atoms with van der Waals surface area (Å²) in [5, 5.41) is 7.01. The second kappa shape index (κ2) is 6.91. The van der Waals surface area contributed by atoms with Crippen LogP contribution in [0.5, 0.6) is 0 Å². The lowest BCUT2D eigenvalue weighted by molar-refractivity contribution is -0.113. The molecule has 1 aliphatic heterocycles. The number of hydrogen-bond acceptors (Lipinski definition) is 5. The summed E-state index contributed by atoms with van der Waals surface area (Å²) in [5.41, 5.74) is 0. The molecular weight excluding hydrogens is 290 g/mol. The number of anilines is 1. The minimum Gasteiger partial charge on any atom is -0.317 e. The first kappa shape index (κ1) is 15.8. The molecule has 0 bridgehead atoms. The molecule has 0 radical (unpaired) electrons. The highest BCUT2D eigenvalue weighted by Gasteiger charge is 2.19. The molecule has 1 aromatic heterocycles. The van der Waals surface area contributed by atoms with Gasteiger partial charge in [-0.3, -0.25) is 4.79 Å². The maximum absolute atomic E-state index is 11.9. The van der Waals surface area contributed by atoms with Crippen molar-refractivity contribution in [3.05, 3.63) is 11.1 Å². The first-order valence-corrected chi connectivity index (χ1v) is 8.84. The number of amides is 1. The summed E-state index contributed by atoms with van der Waals surface area (Å²) < 4.78 is 0.112. The highest BCUT2D eigenvalue weighted by Crippen LogP contribution is 2.31. The number of thioether (sulfide) groups is 1. The number of carbonyl (C=O) groups is 1. The molecule has 0 aliphatic carbocycles. The first-order valence-electron chi connectivity index (χ1n) is 7.04. The summed E-state index contributed by atoms with van der Waals surface area (Å²) >= 11 is 3.27. The minimum atomic E-state index is 0.0381. The van der Waals surface area contributed by atoms with Gasteiger partial charge in [0.1, 0.15) is 0 Å². The molecule has 0 aromatic carbocycles. The maximum atomic E-state index is 11.9. The van der Waals surface area contributed by atoms with Crippen LogP contribution in [-0.4, -0.2) is 34.5 Å². The number of thiazole rings is 1. The van der Waals surface area contributed by atoms with Crippen molar-refractivity contribution in [3.8, 4) is 0 Å². The van der Waals surface area contributed by atoms with Crippen LogP contribution in [-0.2, 0) is 4.79 Å². The van der Waals surface area contributed by atoms with E-state index in [2.05, 4.69) is 36.4 Å². The van der Waals surface area contributed by atoms with Crippen LogP contribution in [0.15, 0.2) is 6.20 Å². The zero-order valence-corrected chi connectivity index (χ0v) is 14.0. The van der Waals surface area contributed by atoms with Gasteiger partial charge in [0.25, 0.3) is 0 Å². The van der Waals surface area contributed by atoms with E-state index in [0.29, 0.717) is 11.7 Å². The molecule has 1 fully saturated rings. The Kier molecular flexibility index (Phi) is 5.46. The molecule has 6 heteroatoms. The van der Waals surface area contributed by atoms with Crippen LogP contribution < -0.4 is 10.6 Å². The van der Waals surface area contributed by atoms with E-state index in [4.69, 9.17) is 0 Å². The van der Waals surface area contributed by atoms with Crippen molar-refractivity contribution in [2.45, 2.75) is 44.3 Å². The van der Waals surface area contributed by atoms with Gasteiger partial charge in [0, 0.05) is 15.8 Å².